The number of amides is 2. The lowest BCUT2D eigenvalue weighted by atomic mass is 10.2. The van der Waals surface area contributed by atoms with Gasteiger partial charge in [0, 0.05) is 33.7 Å². The second kappa shape index (κ2) is 8.86. The van der Waals surface area contributed by atoms with Crippen LogP contribution in [0.2, 0.25) is 5.02 Å². The number of hydrogen-bond acceptors (Lipinski definition) is 3. The molecule has 0 aliphatic carbocycles. The van der Waals surface area contributed by atoms with Crippen molar-refractivity contribution in [3.63, 3.8) is 0 Å². The smallest absolute Gasteiger partial charge is 0.329 e. The van der Waals surface area contributed by atoms with Gasteiger partial charge in [0.2, 0.25) is 0 Å². The van der Waals surface area contributed by atoms with E-state index in [0.29, 0.717) is 5.02 Å². The van der Waals surface area contributed by atoms with Crippen LogP contribution < -0.4 is 10.7 Å². The molecule has 0 unspecified atom stereocenters. The molecule has 0 aliphatic heterocycles. The molecule has 1 aromatic heterocycles. The van der Waals surface area contributed by atoms with E-state index in [0.717, 1.165) is 34.6 Å². The Balaban J connectivity index is 2.14. The molecule has 1 atom stereocenters. The van der Waals surface area contributed by atoms with Gasteiger partial charge in [-0.05, 0) is 57.9 Å². The van der Waals surface area contributed by atoms with Crippen molar-refractivity contribution in [2.45, 2.75) is 47.1 Å². The predicted octanol–water partition coefficient (Wildman–Crippen LogP) is 3.42. The summed E-state index contributed by atoms with van der Waals surface area (Å²) in [5, 5.41) is 7.21. The molecule has 0 saturated heterocycles. The van der Waals surface area contributed by atoms with E-state index in [2.05, 4.69) is 20.4 Å². The van der Waals surface area contributed by atoms with E-state index in [9.17, 15) is 9.59 Å². The third-order valence-electron chi connectivity index (χ3n) is 4.45. The molecule has 0 saturated carbocycles. The lowest BCUT2D eigenvalue weighted by Crippen LogP contribution is -2.41. The first kappa shape index (κ1) is 20.7. The largest absolute Gasteiger partial charge is 0.345 e. The molecule has 27 heavy (non-hydrogen) atoms. The minimum atomic E-state index is -0.786. The highest BCUT2D eigenvalue weighted by Crippen LogP contribution is 2.24. The topological polar surface area (TPSA) is 75.5 Å². The summed E-state index contributed by atoms with van der Waals surface area (Å²) in [4.78, 5) is 23.5. The van der Waals surface area contributed by atoms with E-state index in [-0.39, 0.29) is 6.04 Å². The molecule has 2 aromatic rings. The molecule has 2 N–H and O–H groups in total. The van der Waals surface area contributed by atoms with E-state index in [1.165, 1.54) is 6.21 Å². The van der Waals surface area contributed by atoms with Crippen LogP contribution in [-0.2, 0) is 9.59 Å². The highest BCUT2D eigenvalue weighted by Gasteiger charge is 2.15. The lowest BCUT2D eigenvalue weighted by molar-refractivity contribution is -0.139. The normalized spacial score (nSPS) is 12.2. The van der Waals surface area contributed by atoms with Crippen molar-refractivity contribution < 1.29 is 9.59 Å². The molecule has 0 radical (unpaired) electrons. The Morgan fingerprint density at radius 3 is 2.56 bits per heavy atom. The number of benzene rings is 1. The van der Waals surface area contributed by atoms with Crippen LogP contribution in [0.5, 0.6) is 0 Å². The summed E-state index contributed by atoms with van der Waals surface area (Å²) in [6, 6.07) is 7.79. The Labute approximate surface area is 164 Å². The van der Waals surface area contributed by atoms with Crippen molar-refractivity contribution in [1.82, 2.24) is 15.3 Å². The minimum absolute atomic E-state index is 0.0625. The summed E-state index contributed by atoms with van der Waals surface area (Å²) in [6.07, 6.45) is 2.28. The first-order valence-corrected chi connectivity index (χ1v) is 9.21. The predicted molar refractivity (Wildman–Crippen MR) is 109 cm³/mol. The number of nitrogens with zero attached hydrogens (tertiary/aromatic N) is 2. The van der Waals surface area contributed by atoms with Gasteiger partial charge in [-0.1, -0.05) is 24.6 Å². The fraction of sp³-hybridized carbons (Fsp3) is 0.350. The van der Waals surface area contributed by atoms with Crippen molar-refractivity contribution in [2.75, 3.05) is 0 Å². The first-order valence-electron chi connectivity index (χ1n) is 8.84. The molecular formula is C20H25ClN4O2. The third-order valence-corrected chi connectivity index (χ3v) is 4.86. The summed E-state index contributed by atoms with van der Waals surface area (Å²) >= 11 is 6.24. The van der Waals surface area contributed by atoms with Gasteiger partial charge in [0.25, 0.3) is 0 Å². The van der Waals surface area contributed by atoms with Gasteiger partial charge >= 0.3 is 11.8 Å². The van der Waals surface area contributed by atoms with Crippen LogP contribution in [0.15, 0.2) is 29.4 Å². The maximum absolute atomic E-state index is 11.8. The van der Waals surface area contributed by atoms with E-state index >= 15 is 0 Å². The number of nitrogens with one attached hydrogen (secondary N) is 2. The fourth-order valence-electron chi connectivity index (χ4n) is 2.64. The van der Waals surface area contributed by atoms with Crippen LogP contribution in [0.25, 0.3) is 5.69 Å². The maximum Gasteiger partial charge on any atom is 0.329 e. The number of halogens is 1. The molecule has 0 spiro atoms. The van der Waals surface area contributed by atoms with Crippen molar-refractivity contribution in [3.05, 3.63) is 51.8 Å². The molecule has 6 nitrogen and oxygen atoms in total. The SMILES string of the molecule is CC[C@H](C)NC(=O)C(=O)N/N=C\c1cc(C)n(-c2ccc(C)c(Cl)c2)c1C. The maximum atomic E-state index is 11.8. The highest BCUT2D eigenvalue weighted by molar-refractivity contribution is 6.35. The number of hydrogen-bond donors (Lipinski definition) is 2. The Kier molecular flexibility index (Phi) is 6.80. The second-order valence-corrected chi connectivity index (χ2v) is 6.98. The van der Waals surface area contributed by atoms with Gasteiger partial charge in [0.05, 0.1) is 6.21 Å². The quantitative estimate of drug-likeness (QED) is 0.467. The molecule has 7 heteroatoms. The molecule has 0 aliphatic rings. The number of carbonyl (C=O) groups excluding carboxylic acids is 2. The summed E-state index contributed by atoms with van der Waals surface area (Å²) < 4.78 is 2.06. The van der Waals surface area contributed by atoms with Gasteiger partial charge in [0.1, 0.15) is 0 Å². The van der Waals surface area contributed by atoms with Gasteiger partial charge in [-0.2, -0.15) is 5.10 Å². The Hall–Kier alpha value is -2.60. The van der Waals surface area contributed by atoms with Gasteiger partial charge in [-0.25, -0.2) is 5.43 Å². The Morgan fingerprint density at radius 1 is 1.22 bits per heavy atom. The van der Waals surface area contributed by atoms with Crippen molar-refractivity contribution >= 4 is 29.6 Å². The molecule has 2 rings (SSSR count). The summed E-state index contributed by atoms with van der Waals surface area (Å²) in [5.74, 6) is -1.48. The summed E-state index contributed by atoms with van der Waals surface area (Å²) in [5.41, 5.74) is 7.04. The van der Waals surface area contributed by atoms with Crippen LogP contribution in [0.3, 0.4) is 0 Å². The van der Waals surface area contributed by atoms with Crippen molar-refractivity contribution in [1.29, 1.82) is 0 Å². The van der Waals surface area contributed by atoms with Crippen LogP contribution in [-0.4, -0.2) is 28.6 Å². The summed E-state index contributed by atoms with van der Waals surface area (Å²) in [7, 11) is 0. The molecule has 0 fully saturated rings. The van der Waals surface area contributed by atoms with Gasteiger partial charge < -0.3 is 9.88 Å². The van der Waals surface area contributed by atoms with Gasteiger partial charge in [-0.15, -0.1) is 0 Å². The van der Waals surface area contributed by atoms with E-state index in [4.69, 9.17) is 11.6 Å². The first-order chi connectivity index (χ1) is 12.7. The van der Waals surface area contributed by atoms with Crippen LogP contribution in [0.1, 0.15) is 42.8 Å². The van der Waals surface area contributed by atoms with E-state index in [1.807, 2.05) is 58.9 Å². The number of rotatable bonds is 5. The zero-order chi connectivity index (χ0) is 20.1. The standard InChI is InChI=1S/C20H25ClN4O2/c1-6-13(3)23-19(26)20(27)24-22-11-16-9-14(4)25(15(16)5)17-8-7-12(2)18(21)10-17/h7-11,13H,6H2,1-5H3,(H,23,26)(H,24,27)/b22-11-/t13-/m0/s1. The molecule has 2 amide bonds. The fourth-order valence-corrected chi connectivity index (χ4v) is 2.81. The zero-order valence-electron chi connectivity index (χ0n) is 16.3. The highest BCUT2D eigenvalue weighted by atomic mass is 35.5. The van der Waals surface area contributed by atoms with E-state index in [1.54, 1.807) is 0 Å². The monoisotopic (exact) mass is 388 g/mol. The average Bonchev–Trinajstić information content (AvgIpc) is 2.90. The van der Waals surface area contributed by atoms with Gasteiger partial charge in [0.15, 0.2) is 0 Å². The molecule has 0 bridgehead atoms. The lowest BCUT2D eigenvalue weighted by Gasteiger charge is -2.11. The number of aryl methyl sites for hydroxylation is 2. The average molecular weight is 389 g/mol. The number of hydrazone groups is 1. The Morgan fingerprint density at radius 2 is 1.93 bits per heavy atom. The molecule has 1 aromatic carbocycles. The van der Waals surface area contributed by atoms with E-state index < -0.39 is 11.8 Å². The van der Waals surface area contributed by atoms with Crippen molar-refractivity contribution in [2.24, 2.45) is 5.10 Å². The third kappa shape index (κ3) is 4.98. The van der Waals surface area contributed by atoms with Crippen LogP contribution >= 0.6 is 11.6 Å². The number of aromatic nitrogens is 1. The second-order valence-electron chi connectivity index (χ2n) is 6.58. The molecular weight excluding hydrogens is 364 g/mol. The van der Waals surface area contributed by atoms with Gasteiger partial charge in [-0.3, -0.25) is 9.59 Å². The van der Waals surface area contributed by atoms with Crippen LogP contribution in [0.4, 0.5) is 0 Å². The molecule has 144 valence electrons. The van der Waals surface area contributed by atoms with Crippen molar-refractivity contribution in [3.8, 4) is 5.69 Å². The number of carbonyl (C=O) groups is 2. The molecule has 1 heterocycles. The summed E-state index contributed by atoms with van der Waals surface area (Å²) in [6.45, 7) is 9.66. The Bertz CT molecular complexity index is 886. The van der Waals surface area contributed by atoms with Crippen LogP contribution in [0, 0.1) is 20.8 Å². The zero-order valence-corrected chi connectivity index (χ0v) is 17.0. The minimum Gasteiger partial charge on any atom is -0.345 e.